The fourth-order valence-corrected chi connectivity index (χ4v) is 1.48. The third-order valence-electron chi connectivity index (χ3n) is 2.42. The number of pyridine rings is 1. The van der Waals surface area contributed by atoms with Gasteiger partial charge in [0.1, 0.15) is 0 Å². The predicted octanol–water partition coefficient (Wildman–Crippen LogP) is 1.12. The molecule has 0 atom stereocenters. The quantitative estimate of drug-likeness (QED) is 0.750. The molecular formula is C12H16N4O3. The summed E-state index contributed by atoms with van der Waals surface area (Å²) in [7, 11) is 3.22. The lowest BCUT2D eigenvalue weighted by molar-refractivity contribution is 0.210. The zero-order chi connectivity index (χ0) is 13.5. The zero-order valence-corrected chi connectivity index (χ0v) is 10.9. The van der Waals surface area contributed by atoms with Crippen molar-refractivity contribution in [1.29, 1.82) is 0 Å². The summed E-state index contributed by atoms with van der Waals surface area (Å²) in [4.78, 5) is 8.34. The summed E-state index contributed by atoms with van der Waals surface area (Å²) in [6.45, 7) is 1.21. The van der Waals surface area contributed by atoms with Crippen LogP contribution in [0.5, 0.6) is 5.88 Å². The van der Waals surface area contributed by atoms with E-state index in [0.29, 0.717) is 37.3 Å². The first-order chi connectivity index (χ1) is 9.31. The van der Waals surface area contributed by atoms with Crippen molar-refractivity contribution >= 4 is 6.01 Å². The molecule has 0 aromatic carbocycles. The van der Waals surface area contributed by atoms with E-state index in [-0.39, 0.29) is 0 Å². The zero-order valence-electron chi connectivity index (χ0n) is 10.9. The topological polar surface area (TPSA) is 82.3 Å². The maximum absolute atomic E-state index is 5.06. The summed E-state index contributed by atoms with van der Waals surface area (Å²) in [6.07, 6.45) is 2.29. The van der Waals surface area contributed by atoms with Crippen LogP contribution in [0.15, 0.2) is 22.9 Å². The Morgan fingerprint density at radius 3 is 2.89 bits per heavy atom. The molecule has 0 fully saturated rings. The number of hydrogen-bond acceptors (Lipinski definition) is 7. The van der Waals surface area contributed by atoms with Gasteiger partial charge in [-0.2, -0.15) is 4.98 Å². The average molecular weight is 264 g/mol. The van der Waals surface area contributed by atoms with Crippen LogP contribution in [0.25, 0.3) is 0 Å². The number of aromatic nitrogens is 3. The lowest BCUT2D eigenvalue weighted by Crippen LogP contribution is -2.07. The third-order valence-corrected chi connectivity index (χ3v) is 2.42. The van der Waals surface area contributed by atoms with Crippen molar-refractivity contribution in [1.82, 2.24) is 15.1 Å². The first-order valence-electron chi connectivity index (χ1n) is 5.86. The van der Waals surface area contributed by atoms with Crippen molar-refractivity contribution in [3.8, 4) is 5.88 Å². The van der Waals surface area contributed by atoms with E-state index in [1.54, 1.807) is 26.5 Å². The Hall–Kier alpha value is -2.15. The van der Waals surface area contributed by atoms with Gasteiger partial charge in [0.15, 0.2) is 5.82 Å². The molecule has 0 saturated carbocycles. The minimum absolute atomic E-state index is 0.397. The normalized spacial score (nSPS) is 10.4. The summed E-state index contributed by atoms with van der Waals surface area (Å²) in [6, 6.07) is 4.11. The van der Waals surface area contributed by atoms with Crippen LogP contribution < -0.4 is 10.1 Å². The molecule has 0 radical (unpaired) electrons. The summed E-state index contributed by atoms with van der Waals surface area (Å²) in [5, 5.41) is 6.85. The molecule has 19 heavy (non-hydrogen) atoms. The van der Waals surface area contributed by atoms with Crippen molar-refractivity contribution < 1.29 is 14.0 Å². The summed E-state index contributed by atoms with van der Waals surface area (Å²) < 4.78 is 15.0. The molecule has 2 aromatic heterocycles. The average Bonchev–Trinajstić information content (AvgIpc) is 2.88. The standard InChI is InChI=1S/C12H16N4O3/c1-17-6-5-13-12-15-10(16-19-12)7-9-3-4-11(18-2)14-8-9/h3-4,8H,5-7H2,1-2H3,(H,13,15,16). The highest BCUT2D eigenvalue weighted by Crippen LogP contribution is 2.11. The van der Waals surface area contributed by atoms with Gasteiger partial charge in [-0.1, -0.05) is 11.2 Å². The SMILES string of the molecule is COCCNc1nc(Cc2ccc(OC)nc2)no1. The second-order valence-electron chi connectivity index (χ2n) is 3.82. The summed E-state index contributed by atoms with van der Waals surface area (Å²) in [5.41, 5.74) is 0.991. The Kier molecular flexibility index (Phi) is 4.68. The lowest BCUT2D eigenvalue weighted by Gasteiger charge is -1.99. The molecule has 0 bridgehead atoms. The minimum Gasteiger partial charge on any atom is -0.481 e. The third kappa shape index (κ3) is 3.92. The van der Waals surface area contributed by atoms with Crippen LogP contribution in [0.4, 0.5) is 6.01 Å². The number of methoxy groups -OCH3 is 2. The first-order valence-corrected chi connectivity index (χ1v) is 5.86. The van der Waals surface area contributed by atoms with Crippen molar-refractivity contribution in [3.05, 3.63) is 29.7 Å². The fourth-order valence-electron chi connectivity index (χ4n) is 1.48. The van der Waals surface area contributed by atoms with Gasteiger partial charge in [-0.25, -0.2) is 4.98 Å². The van der Waals surface area contributed by atoms with Crippen molar-refractivity contribution in [2.24, 2.45) is 0 Å². The van der Waals surface area contributed by atoms with Gasteiger partial charge in [0, 0.05) is 32.3 Å². The highest BCUT2D eigenvalue weighted by molar-refractivity contribution is 5.23. The van der Waals surface area contributed by atoms with E-state index in [4.69, 9.17) is 14.0 Å². The molecule has 0 saturated heterocycles. The van der Waals surface area contributed by atoms with E-state index in [2.05, 4.69) is 20.4 Å². The predicted molar refractivity (Wildman–Crippen MR) is 68.3 cm³/mol. The Balaban J connectivity index is 1.91. The van der Waals surface area contributed by atoms with Gasteiger partial charge in [-0.15, -0.1) is 0 Å². The molecule has 0 unspecified atom stereocenters. The van der Waals surface area contributed by atoms with Gasteiger partial charge in [0.05, 0.1) is 13.7 Å². The molecule has 2 heterocycles. The lowest BCUT2D eigenvalue weighted by atomic mass is 10.2. The minimum atomic E-state index is 0.397. The van der Waals surface area contributed by atoms with Gasteiger partial charge in [0.25, 0.3) is 0 Å². The molecule has 0 amide bonds. The van der Waals surface area contributed by atoms with Crippen LogP contribution in [-0.4, -0.2) is 42.5 Å². The van der Waals surface area contributed by atoms with Crippen LogP contribution in [0.3, 0.4) is 0 Å². The molecule has 2 rings (SSSR count). The van der Waals surface area contributed by atoms with Gasteiger partial charge in [-0.3, -0.25) is 0 Å². The molecule has 7 heteroatoms. The molecule has 0 spiro atoms. The van der Waals surface area contributed by atoms with E-state index < -0.39 is 0 Å². The molecular weight excluding hydrogens is 248 g/mol. The van der Waals surface area contributed by atoms with Crippen LogP contribution in [-0.2, 0) is 11.2 Å². The molecule has 0 aliphatic rings. The molecule has 102 valence electrons. The van der Waals surface area contributed by atoms with Crippen LogP contribution in [0, 0.1) is 0 Å². The first kappa shape index (κ1) is 13.3. The number of ether oxygens (including phenoxy) is 2. The summed E-state index contributed by atoms with van der Waals surface area (Å²) in [5.74, 6) is 1.19. The van der Waals surface area contributed by atoms with Crippen molar-refractivity contribution in [3.63, 3.8) is 0 Å². The molecule has 1 N–H and O–H groups in total. The highest BCUT2D eigenvalue weighted by Gasteiger charge is 2.07. The van der Waals surface area contributed by atoms with E-state index in [0.717, 1.165) is 5.56 Å². The smallest absolute Gasteiger partial charge is 0.321 e. The van der Waals surface area contributed by atoms with Crippen molar-refractivity contribution in [2.45, 2.75) is 6.42 Å². The van der Waals surface area contributed by atoms with Gasteiger partial charge >= 0.3 is 6.01 Å². The maximum atomic E-state index is 5.06. The number of nitrogens with one attached hydrogen (secondary N) is 1. The molecule has 0 aliphatic heterocycles. The largest absolute Gasteiger partial charge is 0.481 e. The second kappa shape index (κ2) is 6.69. The Labute approximate surface area is 110 Å². The molecule has 0 aliphatic carbocycles. The fraction of sp³-hybridized carbons (Fsp3) is 0.417. The van der Waals surface area contributed by atoms with E-state index in [1.165, 1.54) is 0 Å². The van der Waals surface area contributed by atoms with Gasteiger partial charge in [0.2, 0.25) is 5.88 Å². The monoisotopic (exact) mass is 264 g/mol. The molecule has 2 aromatic rings. The van der Waals surface area contributed by atoms with Crippen LogP contribution in [0.2, 0.25) is 0 Å². The number of anilines is 1. The number of hydrogen-bond donors (Lipinski definition) is 1. The van der Waals surface area contributed by atoms with Gasteiger partial charge < -0.3 is 19.3 Å². The van der Waals surface area contributed by atoms with E-state index >= 15 is 0 Å². The maximum Gasteiger partial charge on any atom is 0.321 e. The Bertz CT molecular complexity index is 498. The Morgan fingerprint density at radius 1 is 1.32 bits per heavy atom. The van der Waals surface area contributed by atoms with Gasteiger partial charge in [-0.05, 0) is 5.56 Å². The van der Waals surface area contributed by atoms with E-state index in [1.807, 2.05) is 6.07 Å². The number of nitrogens with zero attached hydrogens (tertiary/aromatic N) is 3. The number of rotatable bonds is 7. The van der Waals surface area contributed by atoms with E-state index in [9.17, 15) is 0 Å². The molecule has 7 nitrogen and oxygen atoms in total. The highest BCUT2D eigenvalue weighted by atomic mass is 16.5. The van der Waals surface area contributed by atoms with Crippen molar-refractivity contribution in [2.75, 3.05) is 32.7 Å². The van der Waals surface area contributed by atoms with Crippen LogP contribution >= 0.6 is 0 Å². The second-order valence-corrected chi connectivity index (χ2v) is 3.82. The Morgan fingerprint density at radius 2 is 2.21 bits per heavy atom. The summed E-state index contributed by atoms with van der Waals surface area (Å²) >= 11 is 0. The van der Waals surface area contributed by atoms with Crippen LogP contribution in [0.1, 0.15) is 11.4 Å².